The number of fused-ring (bicyclic) bond motifs is 1. The third-order valence-electron chi connectivity index (χ3n) is 5.29. The number of hydrogen-bond donors (Lipinski definition) is 0. The molecule has 0 saturated carbocycles. The van der Waals surface area contributed by atoms with E-state index in [1.165, 1.54) is 33.9 Å². The van der Waals surface area contributed by atoms with E-state index in [0.29, 0.717) is 0 Å². The van der Waals surface area contributed by atoms with Crippen molar-refractivity contribution in [2.45, 2.75) is 40.8 Å². The van der Waals surface area contributed by atoms with Gasteiger partial charge >= 0.3 is 0 Å². The summed E-state index contributed by atoms with van der Waals surface area (Å²) in [6, 6.07) is 19.5. The molecule has 0 spiro atoms. The van der Waals surface area contributed by atoms with Crippen LogP contribution in [-0.2, 0) is 0 Å². The molecule has 2 heterocycles. The average Bonchev–Trinajstić information content (AvgIpc) is 2.88. The van der Waals surface area contributed by atoms with Gasteiger partial charge in [0.05, 0.1) is 22.8 Å². The van der Waals surface area contributed by atoms with Crippen molar-refractivity contribution < 1.29 is 0 Å². The lowest BCUT2D eigenvalue weighted by atomic mass is 10.1. The lowest BCUT2D eigenvalue weighted by Crippen LogP contribution is -2.36. The minimum absolute atomic E-state index is 0.176. The van der Waals surface area contributed by atoms with E-state index in [9.17, 15) is 0 Å². The van der Waals surface area contributed by atoms with Crippen LogP contribution >= 0.6 is 0 Å². The first-order valence-electron chi connectivity index (χ1n) is 9.17. The van der Waals surface area contributed by atoms with Crippen molar-refractivity contribution in [1.29, 1.82) is 0 Å². The Morgan fingerprint density at radius 3 is 1.92 bits per heavy atom. The molecule has 0 amide bonds. The van der Waals surface area contributed by atoms with Crippen LogP contribution in [0.4, 0.5) is 22.7 Å². The molecule has 26 heavy (non-hydrogen) atoms. The number of benzene rings is 2. The summed E-state index contributed by atoms with van der Waals surface area (Å²) >= 11 is 0. The monoisotopic (exact) mass is 343 g/mol. The highest BCUT2D eigenvalue weighted by atomic mass is 15.4. The summed E-state index contributed by atoms with van der Waals surface area (Å²) < 4.78 is 0. The van der Waals surface area contributed by atoms with Gasteiger partial charge in [0.25, 0.3) is 0 Å². The number of aryl methyl sites for hydroxylation is 4. The topological polar surface area (TPSA) is 19.4 Å². The van der Waals surface area contributed by atoms with Crippen LogP contribution in [0.15, 0.2) is 54.6 Å². The van der Waals surface area contributed by atoms with Crippen LogP contribution in [0.1, 0.15) is 29.4 Å². The van der Waals surface area contributed by atoms with E-state index >= 15 is 0 Å². The highest BCUT2D eigenvalue weighted by Gasteiger charge is 2.36. The van der Waals surface area contributed by atoms with Crippen molar-refractivity contribution in [2.24, 2.45) is 0 Å². The van der Waals surface area contributed by atoms with Gasteiger partial charge in [0, 0.05) is 11.4 Å². The molecule has 3 nitrogen and oxygen atoms in total. The van der Waals surface area contributed by atoms with Crippen molar-refractivity contribution >= 4 is 22.7 Å². The standard InChI is InChI=1S/C23H25N3/c1-15-9-8-10-16(2)23(15)26-19(5)25(21-11-6-7-12-22(21)26)20-14-13-17(3)24-18(20)4/h6-14,19H,1-5H3/t19-/m0/s1. The number of pyridine rings is 1. The molecule has 0 bridgehead atoms. The molecule has 0 radical (unpaired) electrons. The number of rotatable bonds is 2. The zero-order valence-electron chi connectivity index (χ0n) is 16.1. The van der Waals surface area contributed by atoms with Gasteiger partial charge in [-0.15, -0.1) is 0 Å². The van der Waals surface area contributed by atoms with E-state index in [-0.39, 0.29) is 6.17 Å². The second kappa shape index (κ2) is 6.17. The van der Waals surface area contributed by atoms with E-state index in [0.717, 1.165) is 11.4 Å². The normalized spacial score (nSPS) is 16.1. The molecule has 1 aromatic heterocycles. The van der Waals surface area contributed by atoms with Crippen molar-refractivity contribution in [1.82, 2.24) is 4.98 Å². The smallest absolute Gasteiger partial charge is 0.108 e. The van der Waals surface area contributed by atoms with Crippen LogP contribution < -0.4 is 9.80 Å². The predicted molar refractivity (Wildman–Crippen MR) is 110 cm³/mol. The highest BCUT2D eigenvalue weighted by Crippen LogP contribution is 2.49. The largest absolute Gasteiger partial charge is 0.318 e. The summed E-state index contributed by atoms with van der Waals surface area (Å²) in [5.74, 6) is 0. The molecule has 1 atom stereocenters. The molecule has 4 rings (SSSR count). The van der Waals surface area contributed by atoms with Gasteiger partial charge in [-0.05, 0) is 70.0 Å². The zero-order valence-corrected chi connectivity index (χ0v) is 16.1. The fourth-order valence-corrected chi connectivity index (χ4v) is 4.15. The molecular formula is C23H25N3. The van der Waals surface area contributed by atoms with Crippen LogP contribution in [-0.4, -0.2) is 11.1 Å². The second-order valence-corrected chi connectivity index (χ2v) is 7.16. The fourth-order valence-electron chi connectivity index (χ4n) is 4.15. The quantitative estimate of drug-likeness (QED) is 0.573. The lowest BCUT2D eigenvalue weighted by molar-refractivity contribution is 0.753. The van der Waals surface area contributed by atoms with Crippen molar-refractivity contribution in [3.8, 4) is 0 Å². The third-order valence-corrected chi connectivity index (χ3v) is 5.29. The van der Waals surface area contributed by atoms with Crippen LogP contribution in [0.2, 0.25) is 0 Å². The van der Waals surface area contributed by atoms with Crippen LogP contribution in [0.5, 0.6) is 0 Å². The van der Waals surface area contributed by atoms with Gasteiger partial charge in [0.1, 0.15) is 6.17 Å². The summed E-state index contributed by atoms with van der Waals surface area (Å²) in [4.78, 5) is 9.56. The van der Waals surface area contributed by atoms with E-state index < -0.39 is 0 Å². The first-order valence-corrected chi connectivity index (χ1v) is 9.17. The maximum atomic E-state index is 4.70. The number of aromatic nitrogens is 1. The Labute approximate surface area is 155 Å². The Bertz CT molecular complexity index is 957. The maximum absolute atomic E-state index is 4.70. The van der Waals surface area contributed by atoms with Gasteiger partial charge in [0.15, 0.2) is 0 Å². The Morgan fingerprint density at radius 1 is 0.692 bits per heavy atom. The first-order chi connectivity index (χ1) is 12.5. The van der Waals surface area contributed by atoms with Gasteiger partial charge in [-0.25, -0.2) is 0 Å². The van der Waals surface area contributed by atoms with E-state index in [4.69, 9.17) is 4.98 Å². The Morgan fingerprint density at radius 2 is 1.31 bits per heavy atom. The molecule has 3 aromatic rings. The number of para-hydroxylation sites is 3. The molecule has 3 heteroatoms. The first kappa shape index (κ1) is 16.6. The number of nitrogens with zero attached hydrogens (tertiary/aromatic N) is 3. The Kier molecular flexibility index (Phi) is 3.95. The zero-order chi connectivity index (χ0) is 18.4. The van der Waals surface area contributed by atoms with Crippen molar-refractivity contribution in [3.63, 3.8) is 0 Å². The molecule has 132 valence electrons. The molecule has 0 unspecified atom stereocenters. The van der Waals surface area contributed by atoms with E-state index in [2.05, 4.69) is 92.1 Å². The summed E-state index contributed by atoms with van der Waals surface area (Å²) in [5.41, 5.74) is 9.67. The minimum atomic E-state index is 0.176. The number of anilines is 4. The fraction of sp³-hybridized carbons (Fsp3) is 0.261. The van der Waals surface area contributed by atoms with E-state index in [1.807, 2.05) is 6.92 Å². The molecule has 0 fully saturated rings. The average molecular weight is 343 g/mol. The molecule has 0 N–H and O–H groups in total. The van der Waals surface area contributed by atoms with Gasteiger partial charge < -0.3 is 9.80 Å². The molecule has 2 aromatic carbocycles. The maximum Gasteiger partial charge on any atom is 0.108 e. The second-order valence-electron chi connectivity index (χ2n) is 7.16. The van der Waals surface area contributed by atoms with E-state index in [1.54, 1.807) is 0 Å². The minimum Gasteiger partial charge on any atom is -0.318 e. The Hall–Kier alpha value is -2.81. The van der Waals surface area contributed by atoms with Gasteiger partial charge in [-0.2, -0.15) is 0 Å². The summed E-state index contributed by atoms with van der Waals surface area (Å²) in [6.07, 6.45) is 0.176. The molecular weight excluding hydrogens is 318 g/mol. The van der Waals surface area contributed by atoms with Gasteiger partial charge in [0.2, 0.25) is 0 Å². The molecule has 1 aliphatic rings. The SMILES string of the molecule is Cc1ccc(N2c3ccccc3N(c3c(C)cccc3C)[C@H]2C)c(C)n1. The summed E-state index contributed by atoms with van der Waals surface area (Å²) in [6.45, 7) is 10.8. The van der Waals surface area contributed by atoms with Crippen LogP contribution in [0.3, 0.4) is 0 Å². The summed E-state index contributed by atoms with van der Waals surface area (Å²) in [5, 5.41) is 0. The van der Waals surface area contributed by atoms with Gasteiger partial charge in [-0.1, -0.05) is 30.3 Å². The van der Waals surface area contributed by atoms with Crippen molar-refractivity contribution in [3.05, 3.63) is 77.1 Å². The van der Waals surface area contributed by atoms with Gasteiger partial charge in [-0.3, -0.25) is 4.98 Å². The van der Waals surface area contributed by atoms with Crippen LogP contribution in [0, 0.1) is 27.7 Å². The Balaban J connectivity index is 1.92. The molecule has 0 saturated heterocycles. The molecule has 0 aliphatic carbocycles. The summed E-state index contributed by atoms with van der Waals surface area (Å²) in [7, 11) is 0. The predicted octanol–water partition coefficient (Wildman–Crippen LogP) is 5.95. The van der Waals surface area contributed by atoms with Crippen molar-refractivity contribution in [2.75, 3.05) is 9.80 Å². The number of hydrogen-bond acceptors (Lipinski definition) is 3. The lowest BCUT2D eigenvalue weighted by Gasteiger charge is -2.32. The molecule has 1 aliphatic heterocycles. The highest BCUT2D eigenvalue weighted by molar-refractivity contribution is 5.89. The third kappa shape index (κ3) is 2.47. The van der Waals surface area contributed by atoms with Crippen LogP contribution in [0.25, 0.3) is 0 Å².